The highest BCUT2D eigenvalue weighted by Crippen LogP contribution is 2.37. The predicted octanol–water partition coefficient (Wildman–Crippen LogP) is 3.66. The van der Waals surface area contributed by atoms with Crippen molar-refractivity contribution in [2.45, 2.75) is 52.1 Å². The first-order valence-electron chi connectivity index (χ1n) is 7.91. The first-order chi connectivity index (χ1) is 10.3. The highest BCUT2D eigenvalue weighted by atomic mass is 16.1. The van der Waals surface area contributed by atoms with Gasteiger partial charge in [0.25, 0.3) is 5.56 Å². The molecule has 3 nitrogen and oxygen atoms in total. The monoisotopic (exact) mass is 296 g/mol. The third-order valence-corrected chi connectivity index (χ3v) is 4.53. The Labute approximate surface area is 131 Å². The van der Waals surface area contributed by atoms with E-state index in [2.05, 4.69) is 32.0 Å². The molecule has 22 heavy (non-hydrogen) atoms. The maximum atomic E-state index is 12.9. The van der Waals surface area contributed by atoms with Crippen molar-refractivity contribution < 1.29 is 0 Å². The van der Waals surface area contributed by atoms with E-state index in [4.69, 9.17) is 5.73 Å². The zero-order valence-electron chi connectivity index (χ0n) is 13.8. The zero-order chi connectivity index (χ0) is 16.1. The van der Waals surface area contributed by atoms with Crippen LogP contribution in [0.25, 0.3) is 11.3 Å². The van der Waals surface area contributed by atoms with Crippen LogP contribution in [0.3, 0.4) is 0 Å². The van der Waals surface area contributed by atoms with Gasteiger partial charge in [-0.2, -0.15) is 0 Å². The first-order valence-corrected chi connectivity index (χ1v) is 7.91. The fourth-order valence-corrected chi connectivity index (χ4v) is 2.87. The van der Waals surface area contributed by atoms with E-state index in [1.165, 1.54) is 11.1 Å². The van der Waals surface area contributed by atoms with Crippen molar-refractivity contribution in [3.05, 3.63) is 57.4 Å². The van der Waals surface area contributed by atoms with Crippen LogP contribution in [0.2, 0.25) is 0 Å². The number of hydrogen-bond acceptors (Lipinski definition) is 2. The van der Waals surface area contributed by atoms with Crippen LogP contribution in [-0.2, 0) is 5.54 Å². The molecular weight excluding hydrogens is 272 g/mol. The average Bonchev–Trinajstić information content (AvgIpc) is 3.24. The Morgan fingerprint density at radius 2 is 1.77 bits per heavy atom. The maximum Gasteiger partial charge on any atom is 0.256 e. The molecule has 1 aromatic carbocycles. The van der Waals surface area contributed by atoms with E-state index in [1.807, 2.05) is 30.5 Å². The number of nitrogens with two attached hydrogens (primary N) is 1. The molecular formula is C19H24N2O. The van der Waals surface area contributed by atoms with Gasteiger partial charge in [-0.15, -0.1) is 0 Å². The second kappa shape index (κ2) is 5.10. The lowest BCUT2D eigenvalue weighted by Crippen LogP contribution is -2.38. The summed E-state index contributed by atoms with van der Waals surface area (Å²) in [6, 6.07) is 10.7. The van der Waals surface area contributed by atoms with Crippen molar-refractivity contribution in [1.82, 2.24) is 4.57 Å². The molecule has 2 N–H and O–H groups in total. The third-order valence-electron chi connectivity index (χ3n) is 4.53. The van der Waals surface area contributed by atoms with Gasteiger partial charge in [-0.1, -0.05) is 12.1 Å². The van der Waals surface area contributed by atoms with Gasteiger partial charge in [0, 0.05) is 17.1 Å². The molecule has 1 aromatic heterocycles. The normalized spacial score (nSPS) is 15.1. The van der Waals surface area contributed by atoms with Crippen LogP contribution in [0.1, 0.15) is 49.4 Å². The number of nitrogens with zero attached hydrogens (tertiary/aromatic N) is 1. The van der Waals surface area contributed by atoms with Gasteiger partial charge in [-0.05, 0) is 75.4 Å². The van der Waals surface area contributed by atoms with Crippen LogP contribution in [0.4, 0.5) is 0 Å². The molecule has 0 saturated heterocycles. The summed E-state index contributed by atoms with van der Waals surface area (Å²) in [5.41, 5.74) is 10.9. The Kier molecular flexibility index (Phi) is 3.48. The molecule has 1 saturated carbocycles. The Balaban J connectivity index is 2.22. The van der Waals surface area contributed by atoms with E-state index >= 15 is 0 Å². The van der Waals surface area contributed by atoms with Gasteiger partial charge in [-0.3, -0.25) is 4.79 Å². The highest BCUT2D eigenvalue weighted by Gasteiger charge is 2.30. The molecule has 2 aromatic rings. The first kappa shape index (κ1) is 15.0. The summed E-state index contributed by atoms with van der Waals surface area (Å²) in [5, 5.41) is 0. The minimum Gasteiger partial charge on any atom is -0.322 e. The molecule has 0 aliphatic heterocycles. The van der Waals surface area contributed by atoms with E-state index < -0.39 is 5.54 Å². The number of aromatic nitrogens is 1. The van der Waals surface area contributed by atoms with E-state index in [-0.39, 0.29) is 5.56 Å². The minimum atomic E-state index is -0.616. The molecule has 0 unspecified atom stereocenters. The molecule has 3 heteroatoms. The van der Waals surface area contributed by atoms with Gasteiger partial charge in [0.15, 0.2) is 0 Å². The fraction of sp³-hybridized carbons (Fsp3) is 0.421. The quantitative estimate of drug-likeness (QED) is 0.939. The van der Waals surface area contributed by atoms with Crippen molar-refractivity contribution in [2.24, 2.45) is 5.73 Å². The second-order valence-electron chi connectivity index (χ2n) is 7.06. The van der Waals surface area contributed by atoms with Gasteiger partial charge in [0.1, 0.15) is 0 Å². The summed E-state index contributed by atoms with van der Waals surface area (Å²) < 4.78 is 1.95. The molecule has 1 aliphatic rings. The lowest BCUT2D eigenvalue weighted by molar-refractivity contribution is 0.535. The molecule has 0 atom stereocenters. The molecule has 0 bridgehead atoms. The number of hydrogen-bond donors (Lipinski definition) is 1. The summed E-state index contributed by atoms with van der Waals surface area (Å²) in [5.74, 6) is 0. The van der Waals surface area contributed by atoms with Gasteiger partial charge in [0.2, 0.25) is 0 Å². The third kappa shape index (κ3) is 2.61. The van der Waals surface area contributed by atoms with E-state index in [0.29, 0.717) is 11.6 Å². The van der Waals surface area contributed by atoms with Crippen molar-refractivity contribution >= 4 is 0 Å². The maximum absolute atomic E-state index is 12.9. The summed E-state index contributed by atoms with van der Waals surface area (Å²) in [4.78, 5) is 12.9. The molecule has 1 fully saturated rings. The standard InChI is InChI=1S/C19H24N2O/c1-12-5-6-14(11-13(12)2)17-10-9-16(19(3,4)20)18(22)21(17)15-7-8-15/h5-6,9-11,15H,7-8,20H2,1-4H3. The van der Waals surface area contributed by atoms with E-state index in [1.54, 1.807) is 0 Å². The van der Waals surface area contributed by atoms with Crippen LogP contribution in [0.15, 0.2) is 35.1 Å². The Bertz CT molecular complexity index is 777. The van der Waals surface area contributed by atoms with Crippen LogP contribution in [0.5, 0.6) is 0 Å². The molecule has 0 amide bonds. The molecule has 116 valence electrons. The number of benzene rings is 1. The molecule has 3 rings (SSSR count). The zero-order valence-corrected chi connectivity index (χ0v) is 13.8. The van der Waals surface area contributed by atoms with Crippen LogP contribution in [0, 0.1) is 13.8 Å². The molecule has 0 spiro atoms. The average molecular weight is 296 g/mol. The van der Waals surface area contributed by atoms with Gasteiger partial charge in [-0.25, -0.2) is 0 Å². The smallest absolute Gasteiger partial charge is 0.256 e. The summed E-state index contributed by atoms with van der Waals surface area (Å²) in [7, 11) is 0. The number of pyridine rings is 1. The Hall–Kier alpha value is -1.87. The van der Waals surface area contributed by atoms with Gasteiger partial charge < -0.3 is 10.3 Å². The van der Waals surface area contributed by atoms with Crippen LogP contribution >= 0.6 is 0 Å². The minimum absolute atomic E-state index is 0.0609. The topological polar surface area (TPSA) is 48.0 Å². The highest BCUT2D eigenvalue weighted by molar-refractivity contribution is 5.62. The van der Waals surface area contributed by atoms with E-state index in [0.717, 1.165) is 24.1 Å². The summed E-state index contributed by atoms with van der Waals surface area (Å²) >= 11 is 0. The van der Waals surface area contributed by atoms with Crippen molar-refractivity contribution in [1.29, 1.82) is 0 Å². The second-order valence-corrected chi connectivity index (χ2v) is 7.06. The molecule has 0 radical (unpaired) electrons. The molecule has 1 heterocycles. The van der Waals surface area contributed by atoms with Crippen LogP contribution < -0.4 is 11.3 Å². The fourth-order valence-electron chi connectivity index (χ4n) is 2.87. The summed E-state index contributed by atoms with van der Waals surface area (Å²) in [6.45, 7) is 7.98. The van der Waals surface area contributed by atoms with E-state index in [9.17, 15) is 4.79 Å². The van der Waals surface area contributed by atoms with Crippen molar-refractivity contribution in [3.8, 4) is 11.3 Å². The predicted molar refractivity (Wildman–Crippen MR) is 91.1 cm³/mol. The van der Waals surface area contributed by atoms with Gasteiger partial charge >= 0.3 is 0 Å². The lowest BCUT2D eigenvalue weighted by atomic mass is 9.95. The largest absolute Gasteiger partial charge is 0.322 e. The number of aryl methyl sites for hydroxylation is 2. The molecule has 1 aliphatic carbocycles. The number of rotatable bonds is 3. The van der Waals surface area contributed by atoms with Gasteiger partial charge in [0.05, 0.1) is 5.69 Å². The summed E-state index contributed by atoms with van der Waals surface area (Å²) in [6.07, 6.45) is 2.15. The SMILES string of the molecule is Cc1ccc(-c2ccc(C(C)(C)N)c(=O)n2C2CC2)cc1C. The Morgan fingerprint density at radius 1 is 1.09 bits per heavy atom. The lowest BCUT2D eigenvalue weighted by Gasteiger charge is -2.22. The van der Waals surface area contributed by atoms with Crippen molar-refractivity contribution in [2.75, 3.05) is 0 Å². The van der Waals surface area contributed by atoms with Crippen LogP contribution in [-0.4, -0.2) is 4.57 Å². The Morgan fingerprint density at radius 3 is 2.32 bits per heavy atom. The van der Waals surface area contributed by atoms with Crippen molar-refractivity contribution in [3.63, 3.8) is 0 Å².